The van der Waals surface area contributed by atoms with Crippen molar-refractivity contribution in [1.82, 2.24) is 9.88 Å². The molecule has 1 aliphatic heterocycles. The second kappa shape index (κ2) is 7.67. The van der Waals surface area contributed by atoms with Gasteiger partial charge in [-0.05, 0) is 63.0 Å². The van der Waals surface area contributed by atoms with Crippen LogP contribution in [0, 0.1) is 18.3 Å². The van der Waals surface area contributed by atoms with Gasteiger partial charge >= 0.3 is 0 Å². The first-order chi connectivity index (χ1) is 15.0. The van der Waals surface area contributed by atoms with Gasteiger partial charge in [-0.1, -0.05) is 18.2 Å². The molecule has 0 radical (unpaired) electrons. The van der Waals surface area contributed by atoms with E-state index < -0.39 is 0 Å². The second-order valence-electron chi connectivity index (χ2n) is 9.05. The Labute approximate surface area is 182 Å². The molecule has 0 bridgehead atoms. The van der Waals surface area contributed by atoms with Crippen LogP contribution in [0.5, 0.6) is 0 Å². The number of aromatic nitrogens is 1. The average molecular weight is 417 g/mol. The van der Waals surface area contributed by atoms with Crippen molar-refractivity contribution in [3.8, 4) is 17.2 Å². The van der Waals surface area contributed by atoms with E-state index in [1.165, 1.54) is 0 Å². The molecule has 160 valence electrons. The summed E-state index contributed by atoms with van der Waals surface area (Å²) in [5, 5.41) is 19.7. The van der Waals surface area contributed by atoms with E-state index in [0.717, 1.165) is 71.8 Å². The number of oxazole rings is 1. The number of hydrogen-bond donors (Lipinski definition) is 1. The second-order valence-corrected chi connectivity index (χ2v) is 9.05. The molecule has 6 nitrogen and oxygen atoms in total. The minimum atomic E-state index is -0.0177. The van der Waals surface area contributed by atoms with Crippen LogP contribution in [0.2, 0.25) is 0 Å². The molecule has 1 saturated carbocycles. The lowest BCUT2D eigenvalue weighted by Gasteiger charge is -2.26. The van der Waals surface area contributed by atoms with Gasteiger partial charge in [0.25, 0.3) is 0 Å². The van der Waals surface area contributed by atoms with Crippen LogP contribution in [0.4, 0.5) is 5.69 Å². The highest BCUT2D eigenvalue weighted by Crippen LogP contribution is 2.47. The minimum Gasteiger partial charge on any atom is -0.438 e. The topological polar surface area (TPSA) is 76.5 Å². The van der Waals surface area contributed by atoms with Gasteiger partial charge in [0.1, 0.15) is 11.6 Å². The number of nitrogens with zero attached hydrogens (tertiary/aromatic N) is 4. The molecule has 1 unspecified atom stereocenters. The molecule has 1 aromatic heterocycles. The smallest absolute Gasteiger partial charge is 0.198 e. The quantitative estimate of drug-likeness (QED) is 0.672. The van der Waals surface area contributed by atoms with Crippen molar-refractivity contribution in [3.63, 3.8) is 0 Å². The highest BCUT2D eigenvalue weighted by molar-refractivity contribution is 6.02. The Morgan fingerprint density at radius 3 is 2.74 bits per heavy atom. The van der Waals surface area contributed by atoms with Crippen molar-refractivity contribution in [1.29, 1.82) is 5.26 Å². The molecule has 2 aromatic carbocycles. The van der Waals surface area contributed by atoms with Gasteiger partial charge in [-0.3, -0.25) is 0 Å². The molecule has 0 spiro atoms. The highest BCUT2D eigenvalue weighted by Gasteiger charge is 2.34. The van der Waals surface area contributed by atoms with Crippen molar-refractivity contribution in [3.05, 3.63) is 46.8 Å². The van der Waals surface area contributed by atoms with E-state index >= 15 is 0 Å². The van der Waals surface area contributed by atoms with E-state index in [9.17, 15) is 10.4 Å². The van der Waals surface area contributed by atoms with Crippen LogP contribution in [0.3, 0.4) is 0 Å². The van der Waals surface area contributed by atoms with Crippen molar-refractivity contribution >= 4 is 16.8 Å². The normalized spacial score (nSPS) is 18.8. The van der Waals surface area contributed by atoms with Crippen LogP contribution in [-0.4, -0.2) is 48.2 Å². The van der Waals surface area contributed by atoms with Crippen LogP contribution >= 0.6 is 0 Å². The van der Waals surface area contributed by atoms with Gasteiger partial charge in [-0.2, -0.15) is 5.26 Å². The first-order valence-corrected chi connectivity index (χ1v) is 11.0. The van der Waals surface area contributed by atoms with Crippen molar-refractivity contribution in [2.45, 2.75) is 44.8 Å². The summed E-state index contributed by atoms with van der Waals surface area (Å²) in [6.45, 7) is 3.82. The van der Waals surface area contributed by atoms with Gasteiger partial charge in [0, 0.05) is 30.6 Å². The third kappa shape index (κ3) is 3.38. The molecule has 3 aromatic rings. The zero-order valence-corrected chi connectivity index (χ0v) is 18.4. The summed E-state index contributed by atoms with van der Waals surface area (Å²) in [6, 6.07) is 10.8. The highest BCUT2D eigenvalue weighted by atomic mass is 16.4. The number of benzene rings is 2. The maximum atomic E-state index is 10.0. The molecule has 1 atom stereocenters. The van der Waals surface area contributed by atoms with Crippen molar-refractivity contribution < 1.29 is 9.52 Å². The molecule has 0 amide bonds. The summed E-state index contributed by atoms with van der Waals surface area (Å²) in [5.41, 5.74) is 6.81. The van der Waals surface area contributed by atoms with Crippen LogP contribution < -0.4 is 4.90 Å². The summed E-state index contributed by atoms with van der Waals surface area (Å²) in [6.07, 6.45) is 3.27. The maximum Gasteiger partial charge on any atom is 0.198 e. The van der Waals surface area contributed by atoms with Crippen LogP contribution in [0.15, 0.2) is 28.7 Å². The number of likely N-dealkylation sites (N-methyl/N-ethyl adjacent to an activating group) is 1. The predicted molar refractivity (Wildman–Crippen MR) is 121 cm³/mol. The van der Waals surface area contributed by atoms with Crippen LogP contribution in [0.1, 0.15) is 47.8 Å². The van der Waals surface area contributed by atoms with E-state index in [-0.39, 0.29) is 6.61 Å². The lowest BCUT2D eigenvalue weighted by Crippen LogP contribution is -2.31. The van der Waals surface area contributed by atoms with E-state index in [1.807, 2.05) is 25.1 Å². The van der Waals surface area contributed by atoms with Crippen molar-refractivity contribution in [2.75, 3.05) is 32.1 Å². The minimum absolute atomic E-state index is 0.0177. The molecular weight excluding hydrogens is 388 g/mol. The van der Waals surface area contributed by atoms with Crippen LogP contribution in [-0.2, 0) is 6.61 Å². The summed E-state index contributed by atoms with van der Waals surface area (Å²) in [5.74, 6) is 1.14. The van der Waals surface area contributed by atoms with Gasteiger partial charge in [0.15, 0.2) is 11.5 Å². The molecule has 6 heteroatoms. The SMILES string of the molecule is Cc1c(-c2cccc(CO)c2)c(N2CCC(N(C)C)C2)c2oc(C3CC3)nc2c1C#N. The Morgan fingerprint density at radius 2 is 2.10 bits per heavy atom. The van der Waals surface area contributed by atoms with Gasteiger partial charge in [-0.25, -0.2) is 4.98 Å². The summed E-state index contributed by atoms with van der Waals surface area (Å²) in [7, 11) is 4.25. The summed E-state index contributed by atoms with van der Waals surface area (Å²) >= 11 is 0. The fraction of sp³-hybridized carbons (Fsp3) is 0.440. The molecular formula is C25H28N4O2. The molecule has 1 N–H and O–H groups in total. The van der Waals surface area contributed by atoms with E-state index in [0.29, 0.717) is 23.0 Å². The van der Waals surface area contributed by atoms with E-state index in [4.69, 9.17) is 9.40 Å². The average Bonchev–Trinajstić information content (AvgIpc) is 3.33. The van der Waals surface area contributed by atoms with Crippen molar-refractivity contribution in [2.24, 2.45) is 0 Å². The van der Waals surface area contributed by atoms with Gasteiger partial charge in [-0.15, -0.1) is 0 Å². The molecule has 5 rings (SSSR count). The number of anilines is 1. The summed E-state index contributed by atoms with van der Waals surface area (Å²) in [4.78, 5) is 9.46. The Kier molecular flexibility index (Phi) is 4.96. The zero-order chi connectivity index (χ0) is 21.7. The Hall–Kier alpha value is -2.88. The molecule has 2 fully saturated rings. The lowest BCUT2D eigenvalue weighted by atomic mass is 9.92. The molecule has 2 aliphatic rings. The Morgan fingerprint density at radius 1 is 1.29 bits per heavy atom. The standard InChI is InChI=1S/C25H28N4O2/c1-15-20(12-26)22-24(31-25(27-22)17-7-8-17)23(29-10-9-19(13-29)28(2)3)21(15)18-6-4-5-16(11-18)14-30/h4-6,11,17,19,30H,7-10,13-14H2,1-3H3. The molecule has 2 heterocycles. The largest absolute Gasteiger partial charge is 0.438 e. The maximum absolute atomic E-state index is 10.0. The Bertz CT molecular complexity index is 1190. The number of rotatable bonds is 5. The first kappa shape index (κ1) is 20.0. The summed E-state index contributed by atoms with van der Waals surface area (Å²) < 4.78 is 6.38. The number of aliphatic hydroxyl groups excluding tert-OH is 1. The lowest BCUT2D eigenvalue weighted by molar-refractivity contribution is 0.282. The molecule has 31 heavy (non-hydrogen) atoms. The third-order valence-corrected chi connectivity index (χ3v) is 6.73. The Balaban J connectivity index is 1.79. The number of fused-ring (bicyclic) bond motifs is 1. The van der Waals surface area contributed by atoms with E-state index in [1.54, 1.807) is 0 Å². The molecule has 1 aliphatic carbocycles. The van der Waals surface area contributed by atoms with Crippen LogP contribution in [0.25, 0.3) is 22.2 Å². The van der Waals surface area contributed by atoms with Gasteiger partial charge in [0.2, 0.25) is 0 Å². The molecule has 1 saturated heterocycles. The predicted octanol–water partition coefficient (Wildman–Crippen LogP) is 4.18. The number of aliphatic hydroxyl groups is 1. The van der Waals surface area contributed by atoms with Gasteiger partial charge in [0.05, 0.1) is 17.9 Å². The van der Waals surface area contributed by atoms with Gasteiger partial charge < -0.3 is 19.3 Å². The fourth-order valence-corrected chi connectivity index (χ4v) is 4.75. The number of hydrogen-bond acceptors (Lipinski definition) is 6. The fourth-order valence-electron chi connectivity index (χ4n) is 4.75. The van der Waals surface area contributed by atoms with E-state index in [2.05, 4.69) is 36.0 Å². The monoisotopic (exact) mass is 416 g/mol. The first-order valence-electron chi connectivity index (χ1n) is 11.0. The zero-order valence-electron chi connectivity index (χ0n) is 18.4. The third-order valence-electron chi connectivity index (χ3n) is 6.73. The number of nitriles is 1.